The van der Waals surface area contributed by atoms with Crippen molar-refractivity contribution in [3.05, 3.63) is 68.1 Å². The molecule has 10 nitrogen and oxygen atoms in total. The Balaban J connectivity index is 1.52. The molecule has 0 unspecified atom stereocenters. The van der Waals surface area contributed by atoms with Crippen LogP contribution in [0.3, 0.4) is 0 Å². The number of aliphatic hydroxyl groups is 1. The van der Waals surface area contributed by atoms with Crippen LogP contribution in [0.1, 0.15) is 38.4 Å². The van der Waals surface area contributed by atoms with Crippen LogP contribution in [0.25, 0.3) is 0 Å². The summed E-state index contributed by atoms with van der Waals surface area (Å²) < 4.78 is 26.6. The Kier molecular flexibility index (Phi) is 7.08. The first-order valence-electron chi connectivity index (χ1n) is 10.9. The Morgan fingerprint density at radius 1 is 1.09 bits per heavy atom. The van der Waals surface area contributed by atoms with Crippen LogP contribution in [0.2, 0.25) is 5.02 Å². The number of benzene rings is 1. The molecule has 1 aromatic heterocycles. The molecule has 182 valence electrons. The van der Waals surface area contributed by atoms with E-state index in [4.69, 9.17) is 11.6 Å². The van der Waals surface area contributed by atoms with Crippen molar-refractivity contribution < 1.29 is 23.1 Å². The van der Waals surface area contributed by atoms with Gasteiger partial charge >= 0.3 is 0 Å². The number of nitrogens with zero attached hydrogens (tertiary/aromatic N) is 3. The van der Waals surface area contributed by atoms with Gasteiger partial charge in [0.25, 0.3) is 17.4 Å². The van der Waals surface area contributed by atoms with Gasteiger partial charge in [-0.1, -0.05) is 23.7 Å². The highest BCUT2D eigenvalue weighted by atomic mass is 35.5. The van der Waals surface area contributed by atoms with Crippen LogP contribution in [0.5, 0.6) is 0 Å². The minimum absolute atomic E-state index is 0.0253. The van der Waals surface area contributed by atoms with Gasteiger partial charge in [0.2, 0.25) is 10.0 Å². The number of rotatable bonds is 7. The van der Waals surface area contributed by atoms with E-state index in [1.165, 1.54) is 19.8 Å². The fraction of sp³-hybridized carbons (Fsp3) is 0.409. The van der Waals surface area contributed by atoms with E-state index < -0.39 is 34.0 Å². The molecule has 12 heteroatoms. The molecule has 4 rings (SSSR count). The molecule has 0 radical (unpaired) electrons. The summed E-state index contributed by atoms with van der Waals surface area (Å²) in [4.78, 5) is 40.3. The Morgan fingerprint density at radius 3 is 2.47 bits per heavy atom. The smallest absolute Gasteiger partial charge is 0.271 e. The van der Waals surface area contributed by atoms with Gasteiger partial charge in [0.05, 0.1) is 12.4 Å². The third kappa shape index (κ3) is 4.88. The quantitative estimate of drug-likeness (QED) is 0.557. The highest BCUT2D eigenvalue weighted by Crippen LogP contribution is 2.19. The van der Waals surface area contributed by atoms with Crippen LogP contribution in [-0.4, -0.2) is 71.0 Å². The van der Waals surface area contributed by atoms with Crippen molar-refractivity contribution in [1.82, 2.24) is 19.1 Å². The van der Waals surface area contributed by atoms with E-state index in [2.05, 4.69) is 5.32 Å². The second-order valence-corrected chi connectivity index (χ2v) is 10.7. The number of halogens is 1. The minimum Gasteiger partial charge on any atom is -0.392 e. The molecule has 1 fully saturated rings. The molecule has 3 heterocycles. The van der Waals surface area contributed by atoms with Crippen LogP contribution in [0, 0.1) is 0 Å². The third-order valence-electron chi connectivity index (χ3n) is 6.06. The molecule has 0 bridgehead atoms. The number of nitrogens with one attached hydrogen (secondary N) is 1. The second-order valence-electron chi connectivity index (χ2n) is 8.22. The van der Waals surface area contributed by atoms with Crippen LogP contribution < -0.4 is 10.9 Å². The first-order chi connectivity index (χ1) is 16.2. The van der Waals surface area contributed by atoms with Crippen molar-refractivity contribution in [2.75, 3.05) is 31.9 Å². The van der Waals surface area contributed by atoms with E-state index in [-0.39, 0.29) is 55.3 Å². The SMILES string of the molecule is O=C(NCc1ccc(Cl)cc1)c1cc(CO)c2n(c1=O)CCN(CCN1CCCS1(=O)=O)C2=O. The maximum absolute atomic E-state index is 13.1. The van der Waals surface area contributed by atoms with Gasteiger partial charge in [-0.15, -0.1) is 0 Å². The van der Waals surface area contributed by atoms with Crippen LogP contribution >= 0.6 is 11.6 Å². The average Bonchev–Trinajstić information content (AvgIpc) is 3.16. The van der Waals surface area contributed by atoms with Crippen molar-refractivity contribution in [3.8, 4) is 0 Å². The Bertz CT molecular complexity index is 1280. The molecule has 2 aliphatic rings. The van der Waals surface area contributed by atoms with Crippen molar-refractivity contribution in [2.45, 2.75) is 26.1 Å². The number of aromatic nitrogens is 1. The second kappa shape index (κ2) is 9.87. The standard InChI is InChI=1S/C22H25ClN4O6S/c23-17-4-2-15(3-5-17)13-24-20(29)18-12-16(14-28)19-22(31)25(8-10-27(19)21(18)30)7-9-26-6-1-11-34(26,32)33/h2-5,12,28H,1,6-11,13-14H2,(H,24,29). The summed E-state index contributed by atoms with van der Waals surface area (Å²) in [6.07, 6.45) is 0.562. The van der Waals surface area contributed by atoms with Gasteiger partial charge in [0.1, 0.15) is 11.3 Å². The Labute approximate surface area is 201 Å². The zero-order valence-electron chi connectivity index (χ0n) is 18.4. The first-order valence-corrected chi connectivity index (χ1v) is 12.9. The molecule has 0 aliphatic carbocycles. The molecule has 1 saturated heterocycles. The molecular formula is C22H25ClN4O6S. The third-order valence-corrected chi connectivity index (χ3v) is 8.26. The summed E-state index contributed by atoms with van der Waals surface area (Å²) in [5.41, 5.74) is 0.211. The Morgan fingerprint density at radius 2 is 1.82 bits per heavy atom. The maximum atomic E-state index is 13.1. The van der Waals surface area contributed by atoms with Crippen molar-refractivity contribution in [1.29, 1.82) is 0 Å². The largest absolute Gasteiger partial charge is 0.392 e. The van der Waals surface area contributed by atoms with Gasteiger partial charge in [-0.05, 0) is 30.2 Å². The molecule has 34 heavy (non-hydrogen) atoms. The molecular weight excluding hydrogens is 484 g/mol. The molecule has 2 aromatic rings. The molecule has 2 N–H and O–H groups in total. The summed E-state index contributed by atoms with van der Waals surface area (Å²) in [6, 6.07) is 8.14. The molecule has 2 aliphatic heterocycles. The van der Waals surface area contributed by atoms with E-state index in [1.54, 1.807) is 24.3 Å². The van der Waals surface area contributed by atoms with Gasteiger partial charge in [-0.3, -0.25) is 14.4 Å². The van der Waals surface area contributed by atoms with Gasteiger partial charge in [-0.25, -0.2) is 12.7 Å². The predicted molar refractivity (Wildman–Crippen MR) is 125 cm³/mol. The van der Waals surface area contributed by atoms with Crippen LogP contribution in [0.15, 0.2) is 35.1 Å². The predicted octanol–water partition coefficient (Wildman–Crippen LogP) is 0.415. The lowest BCUT2D eigenvalue weighted by Crippen LogP contribution is -2.49. The van der Waals surface area contributed by atoms with Crippen LogP contribution in [-0.2, 0) is 29.7 Å². The van der Waals surface area contributed by atoms with Gasteiger partial charge in [-0.2, -0.15) is 0 Å². The average molecular weight is 509 g/mol. The fourth-order valence-electron chi connectivity index (χ4n) is 4.21. The van der Waals surface area contributed by atoms with Crippen molar-refractivity contribution in [3.63, 3.8) is 0 Å². The highest BCUT2D eigenvalue weighted by molar-refractivity contribution is 7.89. The maximum Gasteiger partial charge on any atom is 0.271 e. The lowest BCUT2D eigenvalue weighted by Gasteiger charge is -2.32. The first kappa shape index (κ1) is 24.4. The number of pyridine rings is 1. The zero-order chi connectivity index (χ0) is 24.5. The molecule has 1 aromatic carbocycles. The number of hydrogen-bond acceptors (Lipinski definition) is 6. The van der Waals surface area contributed by atoms with Gasteiger partial charge in [0.15, 0.2) is 0 Å². The van der Waals surface area contributed by atoms with Crippen LogP contribution in [0.4, 0.5) is 0 Å². The number of fused-ring (bicyclic) bond motifs is 1. The fourth-order valence-corrected chi connectivity index (χ4v) is 5.86. The van der Waals surface area contributed by atoms with E-state index in [0.29, 0.717) is 18.0 Å². The highest BCUT2D eigenvalue weighted by Gasteiger charge is 2.33. The van der Waals surface area contributed by atoms with Crippen molar-refractivity contribution >= 4 is 33.4 Å². The molecule has 0 spiro atoms. The number of carbonyl (C=O) groups is 2. The number of amides is 2. The van der Waals surface area contributed by atoms with E-state index in [9.17, 15) is 27.9 Å². The monoisotopic (exact) mass is 508 g/mol. The number of sulfonamides is 1. The van der Waals surface area contributed by atoms with E-state index in [1.807, 2.05) is 0 Å². The van der Waals surface area contributed by atoms with Gasteiger partial charge in [0, 0.05) is 49.9 Å². The summed E-state index contributed by atoms with van der Waals surface area (Å²) in [7, 11) is -3.28. The normalized spacial score (nSPS) is 17.6. The topological polar surface area (TPSA) is 129 Å². The van der Waals surface area contributed by atoms with E-state index >= 15 is 0 Å². The summed E-state index contributed by atoms with van der Waals surface area (Å²) in [5, 5.41) is 13.1. The Hall–Kier alpha value is -2.73. The molecule has 0 saturated carbocycles. The lowest BCUT2D eigenvalue weighted by atomic mass is 10.1. The molecule has 0 atom stereocenters. The summed E-state index contributed by atoms with van der Waals surface area (Å²) in [6.45, 7) is 0.762. The summed E-state index contributed by atoms with van der Waals surface area (Å²) >= 11 is 5.86. The summed E-state index contributed by atoms with van der Waals surface area (Å²) in [5.74, 6) is -0.979. The number of hydrogen-bond donors (Lipinski definition) is 2. The zero-order valence-corrected chi connectivity index (χ0v) is 19.9. The minimum atomic E-state index is -3.28. The van der Waals surface area contributed by atoms with Gasteiger partial charge < -0.3 is 19.9 Å². The van der Waals surface area contributed by atoms with E-state index in [0.717, 1.165) is 5.56 Å². The lowest BCUT2D eigenvalue weighted by molar-refractivity contribution is 0.0686. The number of carbonyl (C=O) groups excluding carboxylic acids is 2. The molecule has 2 amide bonds. The van der Waals surface area contributed by atoms with Crippen molar-refractivity contribution in [2.24, 2.45) is 0 Å². The number of aliphatic hydroxyl groups excluding tert-OH is 1.